The predicted octanol–water partition coefficient (Wildman–Crippen LogP) is 3.27. The number of alkyl halides is 2. The van der Waals surface area contributed by atoms with Crippen LogP contribution in [0.4, 0.5) is 20.3 Å². The third-order valence-corrected chi connectivity index (χ3v) is 6.67. The summed E-state index contributed by atoms with van der Waals surface area (Å²) in [6, 6.07) is 1.74. The molecule has 0 aromatic carbocycles. The Labute approximate surface area is 200 Å². The molecule has 186 valence electrons. The van der Waals surface area contributed by atoms with E-state index in [4.69, 9.17) is 4.74 Å². The molecule has 2 fully saturated rings. The molecule has 3 aromatic heterocycles. The van der Waals surface area contributed by atoms with Crippen LogP contribution < -0.4 is 10.2 Å². The van der Waals surface area contributed by atoms with E-state index in [9.17, 15) is 18.4 Å². The monoisotopic (exact) mass is 487 g/mol. The second-order valence-corrected chi connectivity index (χ2v) is 8.93. The van der Waals surface area contributed by atoms with Gasteiger partial charge >= 0.3 is 0 Å². The van der Waals surface area contributed by atoms with Gasteiger partial charge in [-0.15, -0.1) is 0 Å². The maximum atomic E-state index is 13.7. The smallest absolute Gasteiger partial charge is 0.284 e. The molecule has 1 amide bonds. The van der Waals surface area contributed by atoms with Gasteiger partial charge in [0.15, 0.2) is 11.3 Å². The number of anilines is 2. The Morgan fingerprint density at radius 1 is 1.20 bits per heavy atom. The second kappa shape index (κ2) is 10.1. The van der Waals surface area contributed by atoms with Gasteiger partial charge in [0.1, 0.15) is 17.7 Å². The van der Waals surface area contributed by atoms with E-state index >= 15 is 0 Å². The molecule has 10 nitrogen and oxygen atoms in total. The highest BCUT2D eigenvalue weighted by Gasteiger charge is 2.27. The molecular formula is C23H27F2N7O3. The number of fused-ring (bicyclic) bond motifs is 1. The first-order valence-corrected chi connectivity index (χ1v) is 11.8. The lowest BCUT2D eigenvalue weighted by Crippen LogP contribution is -2.27. The summed E-state index contributed by atoms with van der Waals surface area (Å²) in [6.45, 7) is 2.75. The zero-order valence-corrected chi connectivity index (χ0v) is 19.1. The van der Waals surface area contributed by atoms with Crippen molar-refractivity contribution in [3.63, 3.8) is 0 Å². The van der Waals surface area contributed by atoms with Gasteiger partial charge in [0.05, 0.1) is 24.5 Å². The Hall–Kier alpha value is -3.41. The molecule has 3 aromatic rings. The summed E-state index contributed by atoms with van der Waals surface area (Å²) in [5, 5.41) is 10.9. The summed E-state index contributed by atoms with van der Waals surface area (Å²) in [6.07, 6.45) is 6.25. The summed E-state index contributed by atoms with van der Waals surface area (Å²) >= 11 is 0. The number of hydrogen-bond acceptors (Lipinski definition) is 7. The highest BCUT2D eigenvalue weighted by atomic mass is 19.3. The molecule has 0 unspecified atom stereocenters. The van der Waals surface area contributed by atoms with Crippen LogP contribution in [-0.2, 0) is 9.53 Å². The van der Waals surface area contributed by atoms with Gasteiger partial charge in [-0.1, -0.05) is 0 Å². The number of aromatic nitrogens is 5. The van der Waals surface area contributed by atoms with E-state index in [-0.39, 0.29) is 23.2 Å². The van der Waals surface area contributed by atoms with E-state index in [1.165, 1.54) is 21.6 Å². The van der Waals surface area contributed by atoms with Crippen molar-refractivity contribution in [1.82, 2.24) is 24.4 Å². The van der Waals surface area contributed by atoms with Crippen molar-refractivity contribution in [2.75, 3.05) is 36.5 Å². The number of nitrogens with zero attached hydrogens (tertiary/aromatic N) is 6. The second-order valence-electron chi connectivity index (χ2n) is 8.93. The molecule has 0 atom stereocenters. The SMILES string of the molecule is O=C[C@H]1CC[C@H](n2cc(NC(=O)c3cnn4ccc(N5CCCOCC5)nc34)c(C(F)F)n2)CC1. The van der Waals surface area contributed by atoms with Crippen LogP contribution in [0.3, 0.4) is 0 Å². The number of amides is 1. The maximum Gasteiger partial charge on any atom is 0.284 e. The Morgan fingerprint density at radius 3 is 2.80 bits per heavy atom. The Kier molecular flexibility index (Phi) is 6.71. The number of ether oxygens (including phenoxy) is 1. The summed E-state index contributed by atoms with van der Waals surface area (Å²) in [5.41, 5.74) is -0.00560. The summed E-state index contributed by atoms with van der Waals surface area (Å²) in [7, 11) is 0. The van der Waals surface area contributed by atoms with E-state index in [0.717, 1.165) is 19.3 Å². The summed E-state index contributed by atoms with van der Waals surface area (Å²) < 4.78 is 36.0. The van der Waals surface area contributed by atoms with Gasteiger partial charge in [-0.05, 0) is 38.2 Å². The first kappa shape index (κ1) is 23.3. The van der Waals surface area contributed by atoms with Gasteiger partial charge in [-0.2, -0.15) is 10.2 Å². The fourth-order valence-electron chi connectivity index (χ4n) is 4.71. The average Bonchev–Trinajstić information content (AvgIpc) is 3.39. The van der Waals surface area contributed by atoms with Crippen molar-refractivity contribution in [2.24, 2.45) is 5.92 Å². The quantitative estimate of drug-likeness (QED) is 0.532. The van der Waals surface area contributed by atoms with Crippen LogP contribution in [0.1, 0.15) is 60.6 Å². The molecule has 0 spiro atoms. The molecule has 12 heteroatoms. The number of carbonyl (C=O) groups is 2. The van der Waals surface area contributed by atoms with Crippen molar-refractivity contribution in [3.05, 3.63) is 35.9 Å². The van der Waals surface area contributed by atoms with Gasteiger partial charge in [0, 0.05) is 38.0 Å². The van der Waals surface area contributed by atoms with E-state index in [2.05, 4.69) is 25.4 Å². The zero-order valence-electron chi connectivity index (χ0n) is 19.1. The van der Waals surface area contributed by atoms with Crippen LogP contribution in [0.25, 0.3) is 5.65 Å². The Balaban J connectivity index is 1.38. The Morgan fingerprint density at radius 2 is 2.03 bits per heavy atom. The van der Waals surface area contributed by atoms with E-state index in [0.29, 0.717) is 56.9 Å². The number of aldehydes is 1. The third kappa shape index (κ3) is 4.88. The minimum Gasteiger partial charge on any atom is -0.380 e. The van der Waals surface area contributed by atoms with E-state index in [1.54, 1.807) is 6.20 Å². The fraction of sp³-hybridized carbons (Fsp3) is 0.522. The predicted molar refractivity (Wildman–Crippen MR) is 123 cm³/mol. The molecule has 1 saturated carbocycles. The van der Waals surface area contributed by atoms with Crippen molar-refractivity contribution >= 4 is 29.3 Å². The van der Waals surface area contributed by atoms with Gasteiger partial charge in [-0.25, -0.2) is 18.3 Å². The number of hydrogen-bond donors (Lipinski definition) is 1. The third-order valence-electron chi connectivity index (χ3n) is 6.67. The first-order valence-electron chi connectivity index (χ1n) is 11.8. The van der Waals surface area contributed by atoms with Crippen LogP contribution in [0.15, 0.2) is 24.7 Å². The molecule has 2 aliphatic rings. The molecule has 35 heavy (non-hydrogen) atoms. The first-order chi connectivity index (χ1) is 17.0. The maximum absolute atomic E-state index is 13.7. The highest BCUT2D eigenvalue weighted by molar-refractivity contribution is 6.08. The van der Waals surface area contributed by atoms with Crippen LogP contribution in [0, 0.1) is 5.92 Å². The number of carbonyl (C=O) groups excluding carboxylic acids is 2. The Bertz CT molecular complexity index is 1200. The number of nitrogens with one attached hydrogen (secondary N) is 1. The van der Waals surface area contributed by atoms with Gasteiger partial charge in [-0.3, -0.25) is 9.48 Å². The molecule has 5 rings (SSSR count). The standard InChI is InChI=1S/C23H27F2N7O3/c24-21(25)20-18(13-32(29-20)16-4-2-15(14-33)3-5-16)27-23(34)17-12-26-31-8-6-19(28-22(17)31)30-7-1-10-35-11-9-30/h6,8,12-16,21H,1-5,7,9-11H2,(H,27,34)/t15-,16-. The van der Waals surface area contributed by atoms with Gasteiger partial charge in [0.2, 0.25) is 0 Å². The summed E-state index contributed by atoms with van der Waals surface area (Å²) in [5.74, 6) is 0.116. The zero-order chi connectivity index (χ0) is 24.4. The van der Waals surface area contributed by atoms with Crippen molar-refractivity contribution in [3.8, 4) is 0 Å². The van der Waals surface area contributed by atoms with Crippen LogP contribution >= 0.6 is 0 Å². The summed E-state index contributed by atoms with van der Waals surface area (Å²) in [4.78, 5) is 30.8. The van der Waals surface area contributed by atoms with Crippen LogP contribution in [0.2, 0.25) is 0 Å². The van der Waals surface area contributed by atoms with Crippen molar-refractivity contribution in [1.29, 1.82) is 0 Å². The molecule has 0 bridgehead atoms. The lowest BCUT2D eigenvalue weighted by Gasteiger charge is -2.25. The molecule has 1 N–H and O–H groups in total. The molecule has 4 heterocycles. The van der Waals surface area contributed by atoms with Gasteiger partial charge < -0.3 is 19.7 Å². The minimum absolute atomic E-state index is 0.00501. The molecule has 1 saturated heterocycles. The van der Waals surface area contributed by atoms with E-state index < -0.39 is 18.0 Å². The van der Waals surface area contributed by atoms with Crippen molar-refractivity contribution in [2.45, 2.75) is 44.6 Å². The highest BCUT2D eigenvalue weighted by Crippen LogP contribution is 2.34. The minimum atomic E-state index is -2.85. The number of halogens is 2. The molecule has 1 aliphatic carbocycles. The van der Waals surface area contributed by atoms with Crippen molar-refractivity contribution < 1.29 is 23.1 Å². The van der Waals surface area contributed by atoms with E-state index in [1.807, 2.05) is 6.07 Å². The van der Waals surface area contributed by atoms with Crippen LogP contribution in [0.5, 0.6) is 0 Å². The number of rotatable bonds is 6. The van der Waals surface area contributed by atoms with Crippen LogP contribution in [-0.4, -0.2) is 62.9 Å². The molecule has 0 radical (unpaired) electrons. The van der Waals surface area contributed by atoms with Gasteiger partial charge in [0.25, 0.3) is 12.3 Å². The average molecular weight is 488 g/mol. The molecule has 1 aliphatic heterocycles. The lowest BCUT2D eigenvalue weighted by atomic mass is 9.87. The lowest BCUT2D eigenvalue weighted by molar-refractivity contribution is -0.112. The molecular weight excluding hydrogens is 460 g/mol. The normalized spacial score (nSPS) is 21.3. The topological polar surface area (TPSA) is 107 Å². The largest absolute Gasteiger partial charge is 0.380 e. The fourth-order valence-corrected chi connectivity index (χ4v) is 4.71.